The van der Waals surface area contributed by atoms with Crippen LogP contribution in [0.25, 0.3) is 0 Å². The number of rotatable bonds is 7. The van der Waals surface area contributed by atoms with Gasteiger partial charge in [-0.2, -0.15) is 0 Å². The van der Waals surface area contributed by atoms with Crippen LogP contribution < -0.4 is 11.3 Å². The summed E-state index contributed by atoms with van der Waals surface area (Å²) in [6, 6.07) is 5.02. The molecule has 0 fully saturated rings. The lowest BCUT2D eigenvalue weighted by atomic mass is 10.00. The Bertz CT molecular complexity index is 376. The molecule has 0 aromatic heterocycles. The minimum absolute atomic E-state index is 0.0207. The second kappa shape index (κ2) is 7.84. The van der Waals surface area contributed by atoms with Gasteiger partial charge in [0.15, 0.2) is 0 Å². The van der Waals surface area contributed by atoms with Crippen LogP contribution in [0.5, 0.6) is 0 Å². The summed E-state index contributed by atoms with van der Waals surface area (Å²) in [5, 5.41) is 0. The first-order chi connectivity index (χ1) is 8.62. The van der Waals surface area contributed by atoms with Gasteiger partial charge in [0.1, 0.15) is 5.82 Å². The summed E-state index contributed by atoms with van der Waals surface area (Å²) < 4.78 is 19.3. The zero-order valence-corrected chi connectivity index (χ0v) is 12.3. The molecule has 2 atom stereocenters. The molecule has 0 bridgehead atoms. The van der Waals surface area contributed by atoms with Crippen molar-refractivity contribution >= 4 is 15.9 Å². The van der Waals surface area contributed by atoms with E-state index >= 15 is 0 Å². The van der Waals surface area contributed by atoms with Gasteiger partial charge in [0.05, 0.1) is 16.6 Å². The van der Waals surface area contributed by atoms with E-state index < -0.39 is 0 Å². The van der Waals surface area contributed by atoms with E-state index in [9.17, 15) is 4.39 Å². The van der Waals surface area contributed by atoms with Crippen molar-refractivity contribution in [3.8, 4) is 0 Å². The molecule has 2 unspecified atom stereocenters. The number of hydrogen-bond donors (Lipinski definition) is 2. The quantitative estimate of drug-likeness (QED) is 0.600. The van der Waals surface area contributed by atoms with E-state index in [1.54, 1.807) is 12.1 Å². The normalized spacial score (nSPS) is 14.5. The van der Waals surface area contributed by atoms with Gasteiger partial charge in [0.2, 0.25) is 0 Å². The first kappa shape index (κ1) is 15.6. The number of halogens is 2. The maximum atomic E-state index is 13.2. The number of nitrogens with one attached hydrogen (secondary N) is 1. The number of hydrazine groups is 1. The number of ether oxygens (including phenoxy) is 1. The lowest BCUT2D eigenvalue weighted by molar-refractivity contribution is 0.0319. The molecule has 0 aliphatic carbocycles. The zero-order valence-electron chi connectivity index (χ0n) is 10.7. The number of hydrogen-bond acceptors (Lipinski definition) is 3. The third-order valence-electron chi connectivity index (χ3n) is 2.89. The lowest BCUT2D eigenvalue weighted by Crippen LogP contribution is -2.46. The van der Waals surface area contributed by atoms with Crippen molar-refractivity contribution in [3.05, 3.63) is 34.1 Å². The zero-order chi connectivity index (χ0) is 13.5. The van der Waals surface area contributed by atoms with E-state index in [4.69, 9.17) is 10.6 Å². The molecule has 0 aliphatic rings. The van der Waals surface area contributed by atoms with E-state index in [2.05, 4.69) is 28.3 Å². The smallest absolute Gasteiger partial charge is 0.137 e. The molecule has 0 aliphatic heterocycles. The fourth-order valence-corrected chi connectivity index (χ4v) is 2.38. The summed E-state index contributed by atoms with van der Waals surface area (Å²) in [4.78, 5) is 0. The molecule has 5 heteroatoms. The molecular formula is C13H20BrFN2O. The summed E-state index contributed by atoms with van der Waals surface area (Å²) >= 11 is 3.18. The topological polar surface area (TPSA) is 47.3 Å². The first-order valence-corrected chi connectivity index (χ1v) is 6.93. The van der Waals surface area contributed by atoms with Crippen molar-refractivity contribution in [1.82, 2.24) is 5.43 Å². The lowest BCUT2D eigenvalue weighted by Gasteiger charge is -2.25. The molecule has 0 saturated carbocycles. The highest BCUT2D eigenvalue weighted by molar-refractivity contribution is 9.10. The summed E-state index contributed by atoms with van der Waals surface area (Å²) in [7, 11) is 0. The van der Waals surface area contributed by atoms with Gasteiger partial charge in [0, 0.05) is 6.61 Å². The van der Waals surface area contributed by atoms with E-state index in [-0.39, 0.29) is 18.0 Å². The SMILES string of the molecule is CCOC(CC)C(Cc1ccc(F)c(Br)c1)NN. The largest absolute Gasteiger partial charge is 0.377 e. The highest BCUT2D eigenvalue weighted by Crippen LogP contribution is 2.19. The molecule has 3 N–H and O–H groups in total. The van der Waals surface area contributed by atoms with Gasteiger partial charge in [0.25, 0.3) is 0 Å². The average Bonchev–Trinajstić information content (AvgIpc) is 2.37. The summed E-state index contributed by atoms with van der Waals surface area (Å²) in [5.41, 5.74) is 3.80. The Balaban J connectivity index is 2.74. The molecule has 1 aromatic carbocycles. The Morgan fingerprint density at radius 3 is 2.67 bits per heavy atom. The van der Waals surface area contributed by atoms with E-state index in [0.717, 1.165) is 12.0 Å². The van der Waals surface area contributed by atoms with Crippen molar-refractivity contribution in [1.29, 1.82) is 0 Å². The van der Waals surface area contributed by atoms with Crippen LogP contribution in [0, 0.1) is 5.82 Å². The Morgan fingerprint density at radius 1 is 1.44 bits per heavy atom. The second-order valence-electron chi connectivity index (χ2n) is 4.13. The van der Waals surface area contributed by atoms with Crippen LogP contribution in [0.3, 0.4) is 0 Å². The van der Waals surface area contributed by atoms with Crippen molar-refractivity contribution in [3.63, 3.8) is 0 Å². The number of benzene rings is 1. The van der Waals surface area contributed by atoms with Gasteiger partial charge in [-0.05, 0) is 53.4 Å². The first-order valence-electron chi connectivity index (χ1n) is 6.14. The molecule has 0 radical (unpaired) electrons. The van der Waals surface area contributed by atoms with Gasteiger partial charge in [-0.25, -0.2) is 4.39 Å². The van der Waals surface area contributed by atoms with Crippen LogP contribution >= 0.6 is 15.9 Å². The fraction of sp³-hybridized carbons (Fsp3) is 0.538. The predicted octanol–water partition coefficient (Wildman–Crippen LogP) is 2.78. The van der Waals surface area contributed by atoms with Crippen molar-refractivity contribution < 1.29 is 9.13 Å². The van der Waals surface area contributed by atoms with Crippen molar-refractivity contribution in [2.45, 2.75) is 38.8 Å². The molecule has 102 valence electrons. The van der Waals surface area contributed by atoms with Gasteiger partial charge < -0.3 is 4.74 Å². The Morgan fingerprint density at radius 2 is 2.17 bits per heavy atom. The highest BCUT2D eigenvalue weighted by atomic mass is 79.9. The summed E-state index contributed by atoms with van der Waals surface area (Å²) in [5.74, 6) is 5.32. The van der Waals surface area contributed by atoms with Gasteiger partial charge >= 0.3 is 0 Å². The Kier molecular flexibility index (Phi) is 6.78. The van der Waals surface area contributed by atoms with Crippen LogP contribution in [-0.2, 0) is 11.2 Å². The molecule has 1 rings (SSSR count). The van der Waals surface area contributed by atoms with Gasteiger partial charge in [-0.1, -0.05) is 13.0 Å². The number of nitrogens with two attached hydrogens (primary N) is 1. The van der Waals surface area contributed by atoms with Crippen LogP contribution in [0.4, 0.5) is 4.39 Å². The molecule has 0 saturated heterocycles. The average molecular weight is 319 g/mol. The molecule has 0 amide bonds. The standard InChI is InChI=1S/C13H20BrFN2O/c1-3-13(18-4-2)12(17-16)8-9-5-6-11(15)10(14)7-9/h5-7,12-13,17H,3-4,8,16H2,1-2H3. The molecule has 18 heavy (non-hydrogen) atoms. The minimum atomic E-state index is -0.257. The van der Waals surface area contributed by atoms with Gasteiger partial charge in [-0.3, -0.25) is 11.3 Å². The maximum Gasteiger partial charge on any atom is 0.137 e. The van der Waals surface area contributed by atoms with E-state index in [1.807, 2.05) is 6.92 Å². The Hall–Kier alpha value is -0.490. The Labute approximate surface area is 116 Å². The summed E-state index contributed by atoms with van der Waals surface area (Å²) in [6.07, 6.45) is 1.64. The molecule has 0 spiro atoms. The van der Waals surface area contributed by atoms with E-state index in [1.165, 1.54) is 6.07 Å². The third-order valence-corrected chi connectivity index (χ3v) is 3.49. The van der Waals surface area contributed by atoms with Crippen LogP contribution in [-0.4, -0.2) is 18.8 Å². The van der Waals surface area contributed by atoms with Crippen LogP contribution in [0.2, 0.25) is 0 Å². The predicted molar refractivity (Wildman–Crippen MR) is 74.6 cm³/mol. The molecule has 3 nitrogen and oxygen atoms in total. The second-order valence-corrected chi connectivity index (χ2v) is 4.98. The third kappa shape index (κ3) is 4.31. The van der Waals surface area contributed by atoms with Crippen LogP contribution in [0.1, 0.15) is 25.8 Å². The summed E-state index contributed by atoms with van der Waals surface area (Å²) in [6.45, 7) is 4.68. The highest BCUT2D eigenvalue weighted by Gasteiger charge is 2.19. The van der Waals surface area contributed by atoms with Crippen LogP contribution in [0.15, 0.2) is 22.7 Å². The van der Waals surface area contributed by atoms with Crippen molar-refractivity contribution in [2.24, 2.45) is 5.84 Å². The monoisotopic (exact) mass is 318 g/mol. The molecule has 1 aromatic rings. The molecular weight excluding hydrogens is 299 g/mol. The van der Waals surface area contributed by atoms with Gasteiger partial charge in [-0.15, -0.1) is 0 Å². The van der Waals surface area contributed by atoms with Crippen molar-refractivity contribution in [2.75, 3.05) is 6.61 Å². The minimum Gasteiger partial charge on any atom is -0.377 e. The fourth-order valence-electron chi connectivity index (χ4n) is 1.95. The van der Waals surface area contributed by atoms with E-state index in [0.29, 0.717) is 17.5 Å². The molecule has 0 heterocycles. The maximum absolute atomic E-state index is 13.2.